The lowest BCUT2D eigenvalue weighted by Gasteiger charge is -2.69. The highest BCUT2D eigenvalue weighted by Gasteiger charge is 2.69. The molecule has 30 heavy (non-hydrogen) atoms. The fraction of sp³-hybridized carbons (Fsp3) is 0.889. The molecule has 9 atom stereocenters. The second kappa shape index (κ2) is 6.22. The summed E-state index contributed by atoms with van der Waals surface area (Å²) < 4.78 is 5.80. The van der Waals surface area contributed by atoms with E-state index >= 15 is 0 Å². The lowest BCUT2D eigenvalue weighted by atomic mass is 9.34. The molecule has 3 nitrogen and oxygen atoms in total. The molecule has 0 spiro atoms. The van der Waals surface area contributed by atoms with E-state index in [1.54, 1.807) is 6.92 Å². The van der Waals surface area contributed by atoms with Gasteiger partial charge in [-0.15, -0.1) is 0 Å². The summed E-state index contributed by atoms with van der Waals surface area (Å²) in [6.45, 7) is 14.4. The maximum absolute atomic E-state index is 14.0. The molecule has 168 valence electrons. The van der Waals surface area contributed by atoms with Gasteiger partial charge in [0.2, 0.25) is 0 Å². The van der Waals surface area contributed by atoms with E-state index in [0.29, 0.717) is 29.6 Å². The Balaban J connectivity index is 1.58. The summed E-state index contributed by atoms with van der Waals surface area (Å²) in [6.07, 6.45) is 11.6. The molecule has 4 aliphatic carbocycles. The third kappa shape index (κ3) is 2.37. The summed E-state index contributed by atoms with van der Waals surface area (Å²) in [6, 6.07) is 0. The van der Waals surface area contributed by atoms with Crippen molar-refractivity contribution in [2.45, 2.75) is 98.7 Å². The molecule has 3 heteroatoms. The predicted molar refractivity (Wildman–Crippen MR) is 119 cm³/mol. The van der Waals surface area contributed by atoms with Crippen molar-refractivity contribution < 1.29 is 14.6 Å². The van der Waals surface area contributed by atoms with Gasteiger partial charge < -0.3 is 9.84 Å². The molecular weight excluding hydrogens is 372 g/mol. The Bertz CT molecular complexity index is 798. The standard InChI is InChI=1S/C27H42O3/c1-7-23(2)12-8-13-24(3)19(23)11-14-25(4)20-10-9-17-18(16-30-27(17,6)29)26(20,5)22(28)15-21(24)25/h9,18-21,29H,7-8,10-16H2,1-6H3/t18-,19?,20?,21?,23-,24-,25-,26+,27-/m0/s1. The van der Waals surface area contributed by atoms with Gasteiger partial charge in [-0.05, 0) is 78.6 Å². The van der Waals surface area contributed by atoms with Gasteiger partial charge in [-0.1, -0.05) is 53.5 Å². The number of carbonyl (C=O) groups is 1. The Labute approximate surface area is 183 Å². The smallest absolute Gasteiger partial charge is 0.185 e. The summed E-state index contributed by atoms with van der Waals surface area (Å²) in [4.78, 5) is 14.0. The lowest BCUT2D eigenvalue weighted by Crippen LogP contribution is -2.65. The average Bonchev–Trinajstić information content (AvgIpc) is 3.00. The Hall–Kier alpha value is -0.670. The van der Waals surface area contributed by atoms with Crippen LogP contribution in [0.3, 0.4) is 0 Å². The number of ketones is 1. The molecule has 0 aromatic rings. The van der Waals surface area contributed by atoms with Gasteiger partial charge in [0.1, 0.15) is 5.78 Å². The molecule has 0 aromatic heterocycles. The molecule has 0 radical (unpaired) electrons. The Morgan fingerprint density at radius 3 is 2.43 bits per heavy atom. The quantitative estimate of drug-likeness (QED) is 0.543. The van der Waals surface area contributed by atoms with Crippen molar-refractivity contribution in [1.82, 2.24) is 0 Å². The minimum absolute atomic E-state index is 0.0364. The highest BCUT2D eigenvalue weighted by atomic mass is 16.6. The van der Waals surface area contributed by atoms with E-state index in [1.807, 2.05) is 0 Å². The third-order valence-electron chi connectivity index (χ3n) is 11.7. The molecule has 5 aliphatic rings. The van der Waals surface area contributed by atoms with Crippen LogP contribution in [-0.4, -0.2) is 23.3 Å². The van der Waals surface area contributed by atoms with Gasteiger partial charge in [0.15, 0.2) is 5.79 Å². The van der Waals surface area contributed by atoms with Crippen LogP contribution in [0, 0.1) is 45.3 Å². The largest absolute Gasteiger partial charge is 0.362 e. The number of carbonyl (C=O) groups excluding carboxylic acids is 1. The molecule has 1 N–H and O–H groups in total. The number of hydrogen-bond donors (Lipinski definition) is 1. The first-order valence-electron chi connectivity index (χ1n) is 12.5. The van der Waals surface area contributed by atoms with E-state index in [2.05, 4.69) is 40.7 Å². The first-order chi connectivity index (χ1) is 13.9. The van der Waals surface area contributed by atoms with E-state index in [0.717, 1.165) is 24.3 Å². The fourth-order valence-electron chi connectivity index (χ4n) is 9.85. The number of rotatable bonds is 1. The Morgan fingerprint density at radius 2 is 1.73 bits per heavy atom. The molecule has 0 aromatic carbocycles. The number of allylic oxidation sites excluding steroid dienone is 1. The van der Waals surface area contributed by atoms with Crippen LogP contribution in [0.1, 0.15) is 92.9 Å². The zero-order valence-electron chi connectivity index (χ0n) is 20.0. The van der Waals surface area contributed by atoms with Gasteiger partial charge in [-0.2, -0.15) is 0 Å². The third-order valence-corrected chi connectivity index (χ3v) is 11.7. The summed E-state index contributed by atoms with van der Waals surface area (Å²) >= 11 is 0. The fourth-order valence-corrected chi connectivity index (χ4v) is 9.85. The van der Waals surface area contributed by atoms with Crippen molar-refractivity contribution in [2.75, 3.05) is 6.61 Å². The number of ether oxygens (including phenoxy) is 1. The van der Waals surface area contributed by atoms with Crippen LogP contribution in [0.25, 0.3) is 0 Å². The maximum Gasteiger partial charge on any atom is 0.185 e. The monoisotopic (exact) mass is 414 g/mol. The van der Waals surface area contributed by atoms with Crippen LogP contribution in [0.15, 0.2) is 11.6 Å². The van der Waals surface area contributed by atoms with Gasteiger partial charge in [0.25, 0.3) is 0 Å². The van der Waals surface area contributed by atoms with E-state index < -0.39 is 11.2 Å². The summed E-state index contributed by atoms with van der Waals surface area (Å²) in [7, 11) is 0. The zero-order valence-corrected chi connectivity index (χ0v) is 20.0. The lowest BCUT2D eigenvalue weighted by molar-refractivity contribution is -0.201. The van der Waals surface area contributed by atoms with Crippen LogP contribution in [-0.2, 0) is 9.53 Å². The van der Waals surface area contributed by atoms with Crippen LogP contribution in [0.2, 0.25) is 0 Å². The van der Waals surface area contributed by atoms with Crippen molar-refractivity contribution in [1.29, 1.82) is 0 Å². The van der Waals surface area contributed by atoms with Crippen LogP contribution in [0.4, 0.5) is 0 Å². The van der Waals surface area contributed by atoms with Gasteiger partial charge in [-0.3, -0.25) is 4.79 Å². The minimum Gasteiger partial charge on any atom is -0.362 e. The maximum atomic E-state index is 14.0. The first kappa shape index (κ1) is 21.2. The molecule has 3 saturated carbocycles. The zero-order chi connectivity index (χ0) is 21.7. The van der Waals surface area contributed by atoms with Crippen molar-refractivity contribution in [3.8, 4) is 0 Å². The number of Topliss-reactive ketones (excluding diaryl/α,β-unsaturated/α-hetero) is 1. The van der Waals surface area contributed by atoms with E-state index in [4.69, 9.17) is 4.74 Å². The van der Waals surface area contributed by atoms with Gasteiger partial charge in [0, 0.05) is 17.8 Å². The van der Waals surface area contributed by atoms with Crippen LogP contribution in [0.5, 0.6) is 0 Å². The van der Waals surface area contributed by atoms with Crippen molar-refractivity contribution in [3.63, 3.8) is 0 Å². The second-order valence-corrected chi connectivity index (χ2v) is 12.7. The summed E-state index contributed by atoms with van der Waals surface area (Å²) in [5, 5.41) is 10.8. The molecule has 3 unspecified atom stereocenters. The predicted octanol–water partition coefficient (Wildman–Crippen LogP) is 5.91. The molecular formula is C27H42O3. The van der Waals surface area contributed by atoms with Crippen LogP contribution >= 0.6 is 0 Å². The van der Waals surface area contributed by atoms with Crippen molar-refractivity contribution in [2.24, 2.45) is 45.3 Å². The highest BCUT2D eigenvalue weighted by Crippen LogP contribution is 2.73. The minimum atomic E-state index is -1.20. The molecule has 1 saturated heterocycles. The number of fused-ring (bicyclic) bond motifs is 7. The Morgan fingerprint density at radius 1 is 1.03 bits per heavy atom. The van der Waals surface area contributed by atoms with E-state index in [9.17, 15) is 9.90 Å². The van der Waals surface area contributed by atoms with E-state index in [-0.39, 0.29) is 16.7 Å². The molecule has 0 bridgehead atoms. The number of aliphatic hydroxyl groups is 1. The second-order valence-electron chi connectivity index (χ2n) is 12.7. The van der Waals surface area contributed by atoms with Gasteiger partial charge in [0.05, 0.1) is 6.61 Å². The van der Waals surface area contributed by atoms with Crippen molar-refractivity contribution in [3.05, 3.63) is 11.6 Å². The SMILES string of the molecule is CC[C@@]1(C)CCC[C@@]2(C)C1CC[C@]1(C)C2CC(=O)[C@@]2(C)C1CC=C1[C@@H]2CO[C@]1(C)O. The van der Waals surface area contributed by atoms with Crippen molar-refractivity contribution >= 4 is 5.78 Å². The molecule has 5 rings (SSSR count). The molecule has 4 fully saturated rings. The number of hydrogen-bond acceptors (Lipinski definition) is 3. The average molecular weight is 415 g/mol. The summed E-state index contributed by atoms with van der Waals surface area (Å²) in [5.41, 5.74) is 1.45. The topological polar surface area (TPSA) is 46.5 Å². The normalized spacial score (nSPS) is 57.7. The van der Waals surface area contributed by atoms with E-state index in [1.165, 1.54) is 38.5 Å². The highest BCUT2D eigenvalue weighted by molar-refractivity contribution is 5.87. The molecule has 1 heterocycles. The first-order valence-corrected chi connectivity index (χ1v) is 12.5. The summed E-state index contributed by atoms with van der Waals surface area (Å²) in [5.74, 6) is 0.858. The van der Waals surface area contributed by atoms with Gasteiger partial charge in [-0.25, -0.2) is 0 Å². The van der Waals surface area contributed by atoms with Gasteiger partial charge >= 0.3 is 0 Å². The molecule has 0 amide bonds. The Kier molecular flexibility index (Phi) is 4.39. The van der Waals surface area contributed by atoms with Crippen LogP contribution < -0.4 is 0 Å². The molecule has 1 aliphatic heterocycles.